The van der Waals surface area contributed by atoms with Crippen LogP contribution in [0.3, 0.4) is 0 Å². The van der Waals surface area contributed by atoms with E-state index in [1.54, 1.807) is 29.9 Å². The summed E-state index contributed by atoms with van der Waals surface area (Å²) in [5.41, 5.74) is 9.07. The van der Waals surface area contributed by atoms with Crippen LogP contribution in [0, 0.1) is 18.4 Å². The van der Waals surface area contributed by atoms with Crippen molar-refractivity contribution >= 4 is 122 Å². The Bertz CT molecular complexity index is 4120. The van der Waals surface area contributed by atoms with Gasteiger partial charge in [-0.05, 0) is 113 Å². The minimum absolute atomic E-state index is 0. The number of amides is 8. The van der Waals surface area contributed by atoms with Gasteiger partial charge in [0.05, 0.1) is 63.7 Å². The van der Waals surface area contributed by atoms with E-state index >= 15 is 0 Å². The number of benzene rings is 2. The van der Waals surface area contributed by atoms with Crippen molar-refractivity contribution in [2.24, 2.45) is 4.74 Å². The molecule has 2 fully saturated rings. The summed E-state index contributed by atoms with van der Waals surface area (Å²) in [6, 6.07) is 18.9. The number of piperidine rings is 2. The van der Waals surface area contributed by atoms with Gasteiger partial charge in [-0.25, -0.2) is 24.4 Å². The van der Waals surface area contributed by atoms with Gasteiger partial charge in [-0.2, -0.15) is 0 Å². The number of imide groups is 2. The van der Waals surface area contributed by atoms with E-state index in [0.29, 0.717) is 89.9 Å². The molecule has 0 radical (unpaired) electrons. The van der Waals surface area contributed by atoms with Crippen LogP contribution < -0.4 is 10.6 Å². The van der Waals surface area contributed by atoms with Crippen LogP contribution in [-0.4, -0.2) is 130 Å². The molecule has 0 aliphatic carbocycles. The Kier molecular flexibility index (Phi) is 16.9. The molecule has 2 aromatic carbocycles. The van der Waals surface area contributed by atoms with Crippen molar-refractivity contribution in [3.63, 3.8) is 0 Å². The minimum Gasteiger partial charge on any atom is -0.512 e. The van der Waals surface area contributed by atoms with Crippen LogP contribution in [0.4, 0.5) is 15.3 Å². The molecule has 0 unspecified atom stereocenters. The second kappa shape index (κ2) is 24.4. The number of likely N-dealkylation sites (tertiary alicyclic amines) is 2. The molecule has 14 rings (SSSR count). The Labute approximate surface area is 497 Å². The molecular formula is C59H54BrCuN15O6P. The first-order valence-corrected chi connectivity index (χ1v) is 28.1. The zero-order valence-corrected chi connectivity index (χ0v) is 48.5. The summed E-state index contributed by atoms with van der Waals surface area (Å²) in [5.74, 6) is -1.81. The van der Waals surface area contributed by atoms with Crippen LogP contribution in [0.1, 0.15) is 72.2 Å². The quantitative estimate of drug-likeness (QED) is 0.0742. The van der Waals surface area contributed by atoms with Gasteiger partial charge in [0.1, 0.15) is 11.3 Å². The van der Waals surface area contributed by atoms with Gasteiger partial charge in [0, 0.05) is 118 Å². The van der Waals surface area contributed by atoms with Gasteiger partial charge in [0.25, 0.3) is 23.6 Å². The first-order valence-electron chi connectivity index (χ1n) is 26.9. The number of imidazole rings is 2. The number of nitrogens with one attached hydrogen (secondary N) is 2. The Morgan fingerprint density at radius 3 is 1.47 bits per heavy atom. The fourth-order valence-electron chi connectivity index (χ4n) is 12.1. The Morgan fingerprint density at radius 1 is 0.602 bits per heavy atom. The number of halogens is 1. The van der Waals surface area contributed by atoms with E-state index in [1.165, 1.54) is 6.42 Å². The molecule has 21 nitrogen and oxygen atoms in total. The third-order valence-electron chi connectivity index (χ3n) is 15.7. The predicted molar refractivity (Wildman–Crippen MR) is 312 cm³/mol. The monoisotopic (exact) mass is 1240 g/mol. The number of pyridine rings is 2. The summed E-state index contributed by atoms with van der Waals surface area (Å²) in [7, 11) is 4.47. The Hall–Kier alpha value is -8.72. The standard InChI is InChI=1S/C29H25N7O3.C28H25BrN6O3.CH4NP.CN.Cu/c1-30-19-13-18-16-35(29(39)33-8-4-2-5-9-33)12-11-34-17-21(20(14-19)26(18)34)24-25(28(38)32-27(24)37)22-15-31-23-7-3-6-10-36(22)23;29-18-12-17-15-34(28(38)32-7-3-1-4-8-32)11-10-33-16-20(19(13-18)25(17)33)23-24(27(37)31-26(23)36)21-14-30-22-6-2-5-9-35(21)22;1-2-3;1-2;/h3,6-7,10,13-15,17H,2,4-5,8-9,11-12,16H2,(H,32,37,38);2,5-6,9,12-14,16H,1,3-4,7-8,10-11,15H2,(H,31,36,37);3H,1H3;;/q;;;-1;+1. The van der Waals surface area contributed by atoms with Crippen molar-refractivity contribution in [3.05, 3.63) is 154 Å². The Morgan fingerprint density at radius 2 is 1.02 bits per heavy atom. The van der Waals surface area contributed by atoms with E-state index in [4.69, 9.17) is 18.4 Å². The predicted octanol–water partition coefficient (Wildman–Crippen LogP) is 8.91. The number of aromatic nitrogens is 6. The number of hydrogen-bond donors (Lipinski definition) is 2. The van der Waals surface area contributed by atoms with Gasteiger partial charge in [-0.3, -0.25) is 43.4 Å². The molecule has 6 aliphatic rings. The van der Waals surface area contributed by atoms with Crippen LogP contribution in [0.2, 0.25) is 0 Å². The van der Waals surface area contributed by atoms with E-state index in [2.05, 4.69) is 59.7 Å². The van der Waals surface area contributed by atoms with Crippen molar-refractivity contribution in [3.8, 4) is 0 Å². The Balaban J connectivity index is 0.000000170. The molecule has 0 spiro atoms. The van der Waals surface area contributed by atoms with Crippen molar-refractivity contribution in [1.82, 2.24) is 58.1 Å². The van der Waals surface area contributed by atoms with E-state index in [-0.39, 0.29) is 40.3 Å². The van der Waals surface area contributed by atoms with E-state index < -0.39 is 23.6 Å². The molecule has 6 aromatic heterocycles. The van der Waals surface area contributed by atoms with Crippen molar-refractivity contribution in [2.45, 2.75) is 64.7 Å². The maximum atomic E-state index is 13.4. The number of rotatable bonds is 4. The summed E-state index contributed by atoms with van der Waals surface area (Å²) in [6.07, 6.45) is 17.2. The van der Waals surface area contributed by atoms with Gasteiger partial charge in [-0.1, -0.05) is 28.1 Å². The van der Waals surface area contributed by atoms with Gasteiger partial charge < -0.3 is 40.6 Å². The molecule has 0 atom stereocenters. The number of carbonyl (C=O) groups is 6. The van der Waals surface area contributed by atoms with Crippen molar-refractivity contribution in [2.75, 3.05) is 46.3 Å². The summed E-state index contributed by atoms with van der Waals surface area (Å²) in [5, 5.41) is 12.8. The zero-order valence-electron chi connectivity index (χ0n) is 45.0. The smallest absolute Gasteiger partial charge is 0.512 e. The largest absolute Gasteiger partial charge is 1.00 e. The summed E-state index contributed by atoms with van der Waals surface area (Å²) in [4.78, 5) is 99.6. The van der Waals surface area contributed by atoms with Crippen LogP contribution in [-0.2, 0) is 62.4 Å². The molecule has 0 saturated carbocycles. The molecule has 12 heterocycles. The van der Waals surface area contributed by atoms with Gasteiger partial charge >= 0.3 is 29.1 Å². The molecule has 8 aromatic rings. The summed E-state index contributed by atoms with van der Waals surface area (Å²) >= 11 is 3.65. The number of fused-ring (bicyclic) bond motifs is 2. The van der Waals surface area contributed by atoms with Crippen LogP contribution in [0.25, 0.3) is 60.2 Å². The summed E-state index contributed by atoms with van der Waals surface area (Å²) < 4.78 is 11.9. The molecule has 2 saturated heterocycles. The second-order valence-corrected chi connectivity index (χ2v) is 21.8. The topological polar surface area (TPSA) is 224 Å². The first-order chi connectivity index (χ1) is 39.9. The summed E-state index contributed by atoms with van der Waals surface area (Å²) in [6.45, 7) is 18.7. The third kappa shape index (κ3) is 10.6. The zero-order chi connectivity index (χ0) is 57.3. The molecule has 0 bridgehead atoms. The fourth-order valence-corrected chi connectivity index (χ4v) is 12.6. The molecular weight excluding hydrogens is 1190 g/mol. The van der Waals surface area contributed by atoms with E-state index in [1.807, 2.05) is 108 Å². The van der Waals surface area contributed by atoms with Gasteiger partial charge in [0.2, 0.25) is 0 Å². The molecule has 424 valence electrons. The minimum atomic E-state index is -0.478. The van der Waals surface area contributed by atoms with E-state index in [0.717, 1.165) is 95.7 Å². The first kappa shape index (κ1) is 57.5. The second-order valence-electron chi connectivity index (χ2n) is 20.5. The fraction of sp³-hybridized carbons (Fsp3) is 0.288. The average molecular weight is 1240 g/mol. The molecule has 6 aliphatic heterocycles. The van der Waals surface area contributed by atoms with Gasteiger partial charge in [0.15, 0.2) is 5.69 Å². The van der Waals surface area contributed by atoms with Crippen LogP contribution in [0.5, 0.6) is 0 Å². The van der Waals surface area contributed by atoms with Crippen LogP contribution >= 0.6 is 25.0 Å². The molecule has 24 heteroatoms. The average Bonchev–Trinajstić information content (AvgIpc) is 2.41. The normalized spacial score (nSPS) is 16.7. The van der Waals surface area contributed by atoms with Crippen molar-refractivity contribution in [1.29, 1.82) is 5.26 Å². The number of carbonyl (C=O) groups excluding carboxylic acids is 6. The number of hydrogen-bond acceptors (Lipinski definition) is 10. The maximum Gasteiger partial charge on any atom is 1.00 e. The number of urea groups is 2. The van der Waals surface area contributed by atoms with E-state index in [9.17, 15) is 28.8 Å². The van der Waals surface area contributed by atoms with Crippen LogP contribution in [0.15, 0.2) is 107 Å². The third-order valence-corrected chi connectivity index (χ3v) is 16.1. The molecule has 83 heavy (non-hydrogen) atoms. The van der Waals surface area contributed by atoms with Crippen molar-refractivity contribution < 1.29 is 45.8 Å². The number of nitrogens with zero attached hydrogens (tertiary/aromatic N) is 13. The maximum absolute atomic E-state index is 13.4. The molecule has 2 N–H and O–H groups in total. The SMILES string of the molecule is CN=P.O=C1NC(=O)C(c2cnc3ccccn23)=C1c1cn2c3c(cc(Br)cc13)CN(C(=O)N1CCCCC1)CC2.[C-]#N.[C-]#[N+]c1cc2c3c(c1)c(C1=C(c4cnc5ccccn45)C(=O)NC1=O)cn3CCN(C(=O)N1CCCCC1)C2.[Cu+]. The van der Waals surface area contributed by atoms with Gasteiger partial charge in [-0.15, -0.1) is 0 Å². The molecule has 8 amide bonds.